The molecule has 0 bridgehead atoms. The molecule has 0 atom stereocenters. The number of ether oxygens (including phenoxy) is 1. The van der Waals surface area contributed by atoms with Crippen LogP contribution in [0.15, 0.2) is 48.5 Å². The molecule has 1 aliphatic rings. The summed E-state index contributed by atoms with van der Waals surface area (Å²) in [6, 6.07) is 14.2. The fraction of sp³-hybridized carbons (Fsp3) is 0.263. The molecule has 2 aromatic rings. The number of carbonyl (C=O) groups excluding carboxylic acids is 2. The molecule has 0 heterocycles. The van der Waals surface area contributed by atoms with Gasteiger partial charge in [0.2, 0.25) is 5.91 Å². The molecule has 2 N–H and O–H groups in total. The van der Waals surface area contributed by atoms with Crippen molar-refractivity contribution in [2.75, 3.05) is 17.2 Å². The van der Waals surface area contributed by atoms with Crippen LogP contribution in [-0.2, 0) is 4.79 Å². The number of para-hydroxylation sites is 1. The molecule has 0 spiro atoms. The molecule has 24 heavy (non-hydrogen) atoms. The summed E-state index contributed by atoms with van der Waals surface area (Å²) in [6.07, 6.45) is 1.85. The first kappa shape index (κ1) is 16.1. The summed E-state index contributed by atoms with van der Waals surface area (Å²) in [5.41, 5.74) is 1.66. The molecule has 0 saturated heterocycles. The molecule has 5 heteroatoms. The molecule has 1 saturated carbocycles. The van der Waals surface area contributed by atoms with Crippen LogP contribution in [0.5, 0.6) is 5.75 Å². The maximum absolute atomic E-state index is 12.5. The Hall–Kier alpha value is -2.82. The minimum atomic E-state index is -0.258. The second-order valence-corrected chi connectivity index (χ2v) is 5.72. The molecule has 0 radical (unpaired) electrons. The molecule has 1 aliphatic carbocycles. The third kappa shape index (κ3) is 3.93. The van der Waals surface area contributed by atoms with Gasteiger partial charge in [-0.1, -0.05) is 12.1 Å². The van der Waals surface area contributed by atoms with Crippen molar-refractivity contribution in [1.82, 2.24) is 0 Å². The van der Waals surface area contributed by atoms with Gasteiger partial charge in [-0.3, -0.25) is 9.59 Å². The molecule has 0 unspecified atom stereocenters. The molecule has 2 amide bonds. The van der Waals surface area contributed by atoms with Crippen LogP contribution >= 0.6 is 0 Å². The van der Waals surface area contributed by atoms with Gasteiger partial charge in [0.25, 0.3) is 5.91 Å². The zero-order valence-electron chi connectivity index (χ0n) is 13.5. The van der Waals surface area contributed by atoms with Crippen LogP contribution in [0.4, 0.5) is 11.4 Å². The van der Waals surface area contributed by atoms with Crippen molar-refractivity contribution in [3.63, 3.8) is 0 Å². The quantitative estimate of drug-likeness (QED) is 0.851. The fourth-order valence-corrected chi connectivity index (χ4v) is 2.37. The monoisotopic (exact) mass is 324 g/mol. The van der Waals surface area contributed by atoms with Crippen LogP contribution < -0.4 is 15.4 Å². The Kier molecular flexibility index (Phi) is 4.79. The SMILES string of the molecule is CCOc1ccc(NC(=O)c2ccccc2NC(=O)C2CC2)cc1. The second kappa shape index (κ2) is 7.17. The minimum absolute atomic E-state index is 0.0173. The Morgan fingerprint density at radius 2 is 1.75 bits per heavy atom. The van der Waals surface area contributed by atoms with Crippen molar-refractivity contribution >= 4 is 23.2 Å². The van der Waals surface area contributed by atoms with Crippen molar-refractivity contribution in [3.8, 4) is 5.75 Å². The van der Waals surface area contributed by atoms with Gasteiger partial charge in [0.05, 0.1) is 17.9 Å². The van der Waals surface area contributed by atoms with Crippen LogP contribution in [0.25, 0.3) is 0 Å². The third-order valence-electron chi connectivity index (χ3n) is 3.80. The van der Waals surface area contributed by atoms with Gasteiger partial charge in [0, 0.05) is 11.6 Å². The molecule has 1 fully saturated rings. The minimum Gasteiger partial charge on any atom is -0.494 e. The van der Waals surface area contributed by atoms with Crippen molar-refractivity contribution < 1.29 is 14.3 Å². The van der Waals surface area contributed by atoms with E-state index in [4.69, 9.17) is 4.74 Å². The smallest absolute Gasteiger partial charge is 0.257 e. The van der Waals surface area contributed by atoms with Gasteiger partial charge in [0.1, 0.15) is 5.75 Å². The van der Waals surface area contributed by atoms with E-state index in [9.17, 15) is 9.59 Å². The lowest BCUT2D eigenvalue weighted by Gasteiger charge is -2.11. The summed E-state index contributed by atoms with van der Waals surface area (Å²) in [6.45, 7) is 2.52. The molecule has 3 rings (SSSR count). The van der Waals surface area contributed by atoms with E-state index in [1.165, 1.54) is 0 Å². The average Bonchev–Trinajstić information content (AvgIpc) is 3.42. The standard InChI is InChI=1S/C19H20N2O3/c1-2-24-15-11-9-14(10-12-15)20-19(23)16-5-3-4-6-17(16)21-18(22)13-7-8-13/h3-6,9-13H,2,7-8H2,1H3,(H,20,23)(H,21,22). The Bertz CT molecular complexity index is 737. The number of hydrogen-bond acceptors (Lipinski definition) is 3. The Balaban J connectivity index is 1.71. The van der Waals surface area contributed by atoms with E-state index in [0.29, 0.717) is 23.5 Å². The highest BCUT2D eigenvalue weighted by atomic mass is 16.5. The topological polar surface area (TPSA) is 67.4 Å². The third-order valence-corrected chi connectivity index (χ3v) is 3.80. The van der Waals surface area contributed by atoms with Gasteiger partial charge in [-0.05, 0) is 56.2 Å². The number of hydrogen-bond donors (Lipinski definition) is 2. The summed E-state index contributed by atoms with van der Waals surface area (Å²) < 4.78 is 5.38. The zero-order chi connectivity index (χ0) is 16.9. The molecular weight excluding hydrogens is 304 g/mol. The first-order valence-corrected chi connectivity index (χ1v) is 8.11. The Morgan fingerprint density at radius 3 is 2.42 bits per heavy atom. The maximum Gasteiger partial charge on any atom is 0.257 e. The lowest BCUT2D eigenvalue weighted by molar-refractivity contribution is -0.117. The number of amides is 2. The van der Waals surface area contributed by atoms with Gasteiger partial charge < -0.3 is 15.4 Å². The lowest BCUT2D eigenvalue weighted by atomic mass is 10.1. The van der Waals surface area contributed by atoms with Gasteiger partial charge >= 0.3 is 0 Å². The molecule has 0 aliphatic heterocycles. The maximum atomic E-state index is 12.5. The van der Waals surface area contributed by atoms with Gasteiger partial charge in [-0.25, -0.2) is 0 Å². The number of anilines is 2. The van der Waals surface area contributed by atoms with Gasteiger partial charge in [-0.2, -0.15) is 0 Å². The summed E-state index contributed by atoms with van der Waals surface area (Å²) in [5, 5.41) is 5.69. The molecule has 2 aromatic carbocycles. The van der Waals surface area contributed by atoms with E-state index in [-0.39, 0.29) is 17.7 Å². The number of rotatable bonds is 6. The summed E-state index contributed by atoms with van der Waals surface area (Å²) in [7, 11) is 0. The number of benzene rings is 2. The number of carbonyl (C=O) groups is 2. The van der Waals surface area contributed by atoms with Gasteiger partial charge in [-0.15, -0.1) is 0 Å². The van der Waals surface area contributed by atoms with E-state index < -0.39 is 0 Å². The van der Waals surface area contributed by atoms with E-state index >= 15 is 0 Å². The highest BCUT2D eigenvalue weighted by Crippen LogP contribution is 2.30. The molecule has 124 valence electrons. The summed E-state index contributed by atoms with van der Waals surface area (Å²) >= 11 is 0. The van der Waals surface area contributed by atoms with Crippen LogP contribution in [-0.4, -0.2) is 18.4 Å². The predicted octanol–water partition coefficient (Wildman–Crippen LogP) is 3.69. The van der Waals surface area contributed by atoms with E-state index in [1.807, 2.05) is 6.92 Å². The van der Waals surface area contributed by atoms with Crippen molar-refractivity contribution in [2.45, 2.75) is 19.8 Å². The lowest BCUT2D eigenvalue weighted by Crippen LogP contribution is -2.19. The molecule has 0 aromatic heterocycles. The van der Waals surface area contributed by atoms with Crippen LogP contribution in [0.1, 0.15) is 30.1 Å². The van der Waals surface area contributed by atoms with Crippen molar-refractivity contribution in [2.24, 2.45) is 5.92 Å². The molecule has 5 nitrogen and oxygen atoms in total. The van der Waals surface area contributed by atoms with Crippen molar-refractivity contribution in [3.05, 3.63) is 54.1 Å². The Labute approximate surface area is 141 Å². The normalized spacial score (nSPS) is 13.2. The Morgan fingerprint density at radius 1 is 1.04 bits per heavy atom. The summed E-state index contributed by atoms with van der Waals surface area (Å²) in [5.74, 6) is 0.571. The zero-order valence-corrected chi connectivity index (χ0v) is 13.5. The average molecular weight is 324 g/mol. The van der Waals surface area contributed by atoms with Crippen molar-refractivity contribution in [1.29, 1.82) is 0 Å². The second-order valence-electron chi connectivity index (χ2n) is 5.72. The largest absolute Gasteiger partial charge is 0.494 e. The van der Waals surface area contributed by atoms with Crippen LogP contribution in [0.2, 0.25) is 0 Å². The highest BCUT2D eigenvalue weighted by molar-refractivity contribution is 6.10. The fourth-order valence-electron chi connectivity index (χ4n) is 2.37. The van der Waals surface area contributed by atoms with E-state index in [0.717, 1.165) is 18.6 Å². The highest BCUT2D eigenvalue weighted by Gasteiger charge is 2.30. The van der Waals surface area contributed by atoms with Crippen LogP contribution in [0, 0.1) is 5.92 Å². The molecular formula is C19H20N2O3. The number of nitrogens with one attached hydrogen (secondary N) is 2. The summed E-state index contributed by atoms with van der Waals surface area (Å²) in [4.78, 5) is 24.5. The van der Waals surface area contributed by atoms with Crippen LogP contribution in [0.3, 0.4) is 0 Å². The van der Waals surface area contributed by atoms with E-state index in [1.54, 1.807) is 48.5 Å². The van der Waals surface area contributed by atoms with Gasteiger partial charge in [0.15, 0.2) is 0 Å². The van der Waals surface area contributed by atoms with E-state index in [2.05, 4.69) is 10.6 Å². The predicted molar refractivity (Wildman–Crippen MR) is 93.4 cm³/mol. The first-order chi connectivity index (χ1) is 11.7. The first-order valence-electron chi connectivity index (χ1n) is 8.11.